The van der Waals surface area contributed by atoms with Gasteiger partial charge in [0.1, 0.15) is 23.3 Å². The standard InChI is InChI=1S/C22H19N3O5S/c1-14-5-7-15(8-6-14)19-12-31-21-20(19)22(27)24(13-23-21)10-17(26)11-30-18-4-2-3-16(9-18)25(28)29/h2-9,12-13,17,26H,10-11H2,1H3. The van der Waals surface area contributed by atoms with Gasteiger partial charge in [-0.25, -0.2) is 4.98 Å². The lowest BCUT2D eigenvalue weighted by Gasteiger charge is -2.14. The van der Waals surface area contributed by atoms with Crippen molar-refractivity contribution in [2.75, 3.05) is 6.61 Å². The molecule has 1 atom stereocenters. The van der Waals surface area contributed by atoms with Crippen LogP contribution < -0.4 is 10.3 Å². The van der Waals surface area contributed by atoms with Gasteiger partial charge in [0.2, 0.25) is 0 Å². The minimum Gasteiger partial charge on any atom is -0.491 e. The highest BCUT2D eigenvalue weighted by molar-refractivity contribution is 7.17. The molecule has 4 aromatic rings. The monoisotopic (exact) mass is 437 g/mol. The molecular formula is C22H19N3O5S. The zero-order valence-corrected chi connectivity index (χ0v) is 17.4. The summed E-state index contributed by atoms with van der Waals surface area (Å²) in [6.07, 6.45) is 0.411. The van der Waals surface area contributed by atoms with Crippen LogP contribution in [0.15, 0.2) is 65.0 Å². The van der Waals surface area contributed by atoms with Crippen LogP contribution in [0.5, 0.6) is 5.75 Å². The quantitative estimate of drug-likeness (QED) is 0.348. The van der Waals surface area contributed by atoms with Crippen molar-refractivity contribution in [1.29, 1.82) is 0 Å². The fraction of sp³-hybridized carbons (Fsp3) is 0.182. The maximum Gasteiger partial charge on any atom is 0.273 e. The Bertz CT molecular complexity index is 1300. The maximum atomic E-state index is 13.1. The van der Waals surface area contributed by atoms with E-state index >= 15 is 0 Å². The van der Waals surface area contributed by atoms with Gasteiger partial charge in [0.25, 0.3) is 11.2 Å². The van der Waals surface area contributed by atoms with E-state index in [9.17, 15) is 20.0 Å². The Kier molecular flexibility index (Phi) is 5.79. The Hall–Kier alpha value is -3.56. The van der Waals surface area contributed by atoms with E-state index in [0.29, 0.717) is 10.2 Å². The molecule has 0 aliphatic rings. The molecule has 2 heterocycles. The second kappa shape index (κ2) is 8.66. The number of benzene rings is 2. The van der Waals surface area contributed by atoms with Crippen LogP contribution in [0.3, 0.4) is 0 Å². The molecule has 0 saturated carbocycles. The van der Waals surface area contributed by atoms with Gasteiger partial charge in [-0.05, 0) is 18.6 Å². The molecule has 1 unspecified atom stereocenters. The number of nitrogens with zero attached hydrogens (tertiary/aromatic N) is 3. The third kappa shape index (κ3) is 4.47. The van der Waals surface area contributed by atoms with Gasteiger partial charge in [-0.1, -0.05) is 35.9 Å². The summed E-state index contributed by atoms with van der Waals surface area (Å²) in [5, 5.41) is 23.6. The highest BCUT2D eigenvalue weighted by Crippen LogP contribution is 2.30. The summed E-state index contributed by atoms with van der Waals surface area (Å²) in [5.74, 6) is 0.272. The zero-order valence-electron chi connectivity index (χ0n) is 16.6. The molecule has 2 aromatic heterocycles. The number of non-ortho nitro benzene ring substituents is 1. The Morgan fingerprint density at radius 3 is 2.77 bits per heavy atom. The van der Waals surface area contributed by atoms with Crippen molar-refractivity contribution in [1.82, 2.24) is 9.55 Å². The molecule has 0 aliphatic heterocycles. The van der Waals surface area contributed by atoms with Gasteiger partial charge >= 0.3 is 0 Å². The Labute approximate surface area is 181 Å². The molecule has 0 bridgehead atoms. The molecule has 2 aromatic carbocycles. The Balaban J connectivity index is 1.53. The zero-order chi connectivity index (χ0) is 22.0. The molecule has 0 spiro atoms. The number of hydrogen-bond acceptors (Lipinski definition) is 7. The number of hydrogen-bond donors (Lipinski definition) is 1. The van der Waals surface area contributed by atoms with Crippen molar-refractivity contribution in [3.63, 3.8) is 0 Å². The first kappa shape index (κ1) is 20.7. The largest absolute Gasteiger partial charge is 0.491 e. The van der Waals surface area contributed by atoms with Crippen molar-refractivity contribution >= 4 is 27.2 Å². The molecule has 1 N–H and O–H groups in total. The van der Waals surface area contributed by atoms with Crippen LogP contribution in [-0.4, -0.2) is 32.3 Å². The highest BCUT2D eigenvalue weighted by Gasteiger charge is 2.16. The number of aliphatic hydroxyl groups excluding tert-OH is 1. The summed E-state index contributed by atoms with van der Waals surface area (Å²) in [4.78, 5) is 28.4. The van der Waals surface area contributed by atoms with Crippen molar-refractivity contribution < 1.29 is 14.8 Å². The van der Waals surface area contributed by atoms with Gasteiger partial charge in [-0.15, -0.1) is 11.3 Å². The van der Waals surface area contributed by atoms with Gasteiger partial charge in [0, 0.05) is 17.0 Å². The van der Waals surface area contributed by atoms with E-state index in [4.69, 9.17) is 4.74 Å². The van der Waals surface area contributed by atoms with E-state index < -0.39 is 11.0 Å². The fourth-order valence-electron chi connectivity index (χ4n) is 3.20. The summed E-state index contributed by atoms with van der Waals surface area (Å²) in [6, 6.07) is 13.6. The molecule has 0 radical (unpaired) electrons. The molecule has 8 nitrogen and oxygen atoms in total. The van der Waals surface area contributed by atoms with Gasteiger partial charge in [0.05, 0.1) is 29.2 Å². The average molecular weight is 437 g/mol. The number of rotatable bonds is 7. The van der Waals surface area contributed by atoms with E-state index in [-0.39, 0.29) is 30.1 Å². The predicted molar refractivity (Wildman–Crippen MR) is 119 cm³/mol. The minimum absolute atomic E-state index is 0.0140. The van der Waals surface area contributed by atoms with Crippen LogP contribution >= 0.6 is 11.3 Å². The smallest absolute Gasteiger partial charge is 0.273 e. The number of thiophene rings is 1. The first-order valence-electron chi connectivity index (χ1n) is 9.51. The lowest BCUT2D eigenvalue weighted by molar-refractivity contribution is -0.384. The summed E-state index contributed by atoms with van der Waals surface area (Å²) in [7, 11) is 0. The van der Waals surface area contributed by atoms with Gasteiger partial charge in [0.15, 0.2) is 0 Å². The molecular weight excluding hydrogens is 418 g/mol. The normalized spacial score (nSPS) is 12.1. The van der Waals surface area contributed by atoms with Crippen LogP contribution in [0.4, 0.5) is 5.69 Å². The van der Waals surface area contributed by atoms with Gasteiger partial charge in [-0.3, -0.25) is 19.5 Å². The molecule has 158 valence electrons. The molecule has 0 fully saturated rings. The first-order chi connectivity index (χ1) is 14.9. The number of fused-ring (bicyclic) bond motifs is 1. The highest BCUT2D eigenvalue weighted by atomic mass is 32.1. The topological polar surface area (TPSA) is 107 Å². The maximum absolute atomic E-state index is 13.1. The van der Waals surface area contributed by atoms with E-state index in [2.05, 4.69) is 4.98 Å². The second-order valence-corrected chi connectivity index (χ2v) is 7.98. The van der Waals surface area contributed by atoms with Crippen molar-refractivity contribution in [3.8, 4) is 16.9 Å². The van der Waals surface area contributed by atoms with E-state index in [0.717, 1.165) is 16.7 Å². The molecule has 4 rings (SSSR count). The van der Waals surface area contributed by atoms with E-state index in [1.807, 2.05) is 36.6 Å². The van der Waals surface area contributed by atoms with Crippen LogP contribution in [0.25, 0.3) is 21.3 Å². The van der Waals surface area contributed by atoms with Gasteiger partial charge < -0.3 is 9.84 Å². The van der Waals surface area contributed by atoms with Crippen LogP contribution in [0.1, 0.15) is 5.56 Å². The summed E-state index contributed by atoms with van der Waals surface area (Å²) in [6.45, 7) is 1.86. The average Bonchev–Trinajstić information content (AvgIpc) is 3.20. The van der Waals surface area contributed by atoms with Crippen LogP contribution in [-0.2, 0) is 6.54 Å². The third-order valence-corrected chi connectivity index (χ3v) is 5.69. The van der Waals surface area contributed by atoms with Crippen LogP contribution in [0, 0.1) is 17.0 Å². The van der Waals surface area contributed by atoms with Crippen LogP contribution in [0.2, 0.25) is 0 Å². The fourth-order valence-corrected chi connectivity index (χ4v) is 4.11. The molecule has 0 amide bonds. The van der Waals surface area contributed by atoms with E-state index in [1.165, 1.54) is 40.4 Å². The number of aliphatic hydroxyl groups is 1. The van der Waals surface area contributed by atoms with E-state index in [1.54, 1.807) is 6.07 Å². The molecule has 9 heteroatoms. The number of nitro benzene ring substituents is 1. The molecule has 0 saturated heterocycles. The predicted octanol–water partition coefficient (Wildman–Crippen LogP) is 3.78. The minimum atomic E-state index is -1.00. The lowest BCUT2D eigenvalue weighted by Crippen LogP contribution is -2.30. The molecule has 0 aliphatic carbocycles. The first-order valence-corrected chi connectivity index (χ1v) is 10.4. The Morgan fingerprint density at radius 2 is 2.03 bits per heavy atom. The number of aromatic nitrogens is 2. The third-order valence-electron chi connectivity index (χ3n) is 4.80. The molecule has 31 heavy (non-hydrogen) atoms. The lowest BCUT2D eigenvalue weighted by atomic mass is 10.1. The van der Waals surface area contributed by atoms with Crippen molar-refractivity contribution in [2.45, 2.75) is 19.6 Å². The number of aryl methyl sites for hydroxylation is 1. The summed E-state index contributed by atoms with van der Waals surface area (Å²) < 4.78 is 6.81. The number of nitro groups is 1. The SMILES string of the molecule is Cc1ccc(-c2csc3ncn(CC(O)COc4cccc([N+](=O)[O-])c4)c(=O)c23)cc1. The second-order valence-electron chi connectivity index (χ2n) is 7.12. The summed E-state index contributed by atoms with van der Waals surface area (Å²) >= 11 is 1.40. The van der Waals surface area contributed by atoms with Crippen molar-refractivity contribution in [2.24, 2.45) is 0 Å². The Morgan fingerprint density at radius 1 is 1.26 bits per heavy atom. The van der Waals surface area contributed by atoms with Gasteiger partial charge in [-0.2, -0.15) is 0 Å². The number of ether oxygens (including phenoxy) is 1. The summed E-state index contributed by atoms with van der Waals surface area (Å²) in [5.41, 5.74) is 2.54. The van der Waals surface area contributed by atoms with Crippen molar-refractivity contribution in [3.05, 3.63) is 86.3 Å².